The van der Waals surface area contributed by atoms with E-state index in [1.54, 1.807) is 18.2 Å². The maximum absolute atomic E-state index is 10.7. The van der Waals surface area contributed by atoms with Gasteiger partial charge in [0.1, 0.15) is 18.1 Å². The Balaban J connectivity index is 1.48. The van der Waals surface area contributed by atoms with Crippen LogP contribution in [0.3, 0.4) is 0 Å². The molecule has 1 heterocycles. The highest BCUT2D eigenvalue weighted by atomic mass is 16.6. The molecule has 3 aromatic carbocycles. The maximum atomic E-state index is 10.7. The summed E-state index contributed by atoms with van der Waals surface area (Å²) in [6.07, 6.45) is 0. The lowest BCUT2D eigenvalue weighted by Gasteiger charge is -2.23. The second-order valence-corrected chi connectivity index (χ2v) is 7.42. The van der Waals surface area contributed by atoms with Gasteiger partial charge in [0.15, 0.2) is 0 Å². The lowest BCUT2D eigenvalue weighted by molar-refractivity contribution is -0.384. The van der Waals surface area contributed by atoms with Crippen LogP contribution < -0.4 is 15.6 Å². The Morgan fingerprint density at radius 1 is 1.03 bits per heavy atom. The molecular formula is C23H23N3O4. The number of aromatic hydroxyl groups is 1. The Morgan fingerprint density at radius 2 is 1.77 bits per heavy atom. The molecule has 3 aromatic rings. The number of nitrogens with zero attached hydrogens (tertiary/aromatic N) is 1. The van der Waals surface area contributed by atoms with Gasteiger partial charge in [0, 0.05) is 35.7 Å². The summed E-state index contributed by atoms with van der Waals surface area (Å²) in [5, 5.41) is 21.4. The highest BCUT2D eigenvalue weighted by Crippen LogP contribution is 2.41. The van der Waals surface area contributed by atoms with Gasteiger partial charge in [-0.2, -0.15) is 0 Å². The third-order valence-corrected chi connectivity index (χ3v) is 5.44. The van der Waals surface area contributed by atoms with E-state index < -0.39 is 4.92 Å². The number of nitro benzene ring substituents is 1. The van der Waals surface area contributed by atoms with Crippen LogP contribution in [0.4, 0.5) is 5.69 Å². The average molecular weight is 405 g/mol. The average Bonchev–Trinajstić information content (AvgIpc) is 3.14. The first kappa shape index (κ1) is 19.9. The fourth-order valence-electron chi connectivity index (χ4n) is 3.87. The van der Waals surface area contributed by atoms with E-state index in [0.717, 1.165) is 11.1 Å². The Hall–Kier alpha value is -3.42. The minimum atomic E-state index is -0.434. The number of non-ortho nitro benzene ring substituents is 1. The van der Waals surface area contributed by atoms with Gasteiger partial charge in [0.2, 0.25) is 0 Å². The van der Waals surface area contributed by atoms with E-state index in [1.165, 1.54) is 17.7 Å². The molecule has 1 aliphatic rings. The summed E-state index contributed by atoms with van der Waals surface area (Å²) in [6.45, 7) is 2.37. The van der Waals surface area contributed by atoms with E-state index in [0.29, 0.717) is 5.75 Å². The smallest absolute Gasteiger partial charge is 0.269 e. The SMILES string of the molecule is CC1NNC(c2ccc(OCc3ccc([N+](=O)[O-])cc3)cc2O)C1c1ccccc1. The first-order valence-electron chi connectivity index (χ1n) is 9.78. The van der Waals surface area contributed by atoms with Gasteiger partial charge in [-0.15, -0.1) is 0 Å². The van der Waals surface area contributed by atoms with Gasteiger partial charge in [-0.25, -0.2) is 5.43 Å². The fourth-order valence-corrected chi connectivity index (χ4v) is 3.87. The Kier molecular flexibility index (Phi) is 5.65. The molecule has 1 fully saturated rings. The fraction of sp³-hybridized carbons (Fsp3) is 0.217. The van der Waals surface area contributed by atoms with Crippen LogP contribution in [0.2, 0.25) is 0 Å². The zero-order valence-corrected chi connectivity index (χ0v) is 16.5. The van der Waals surface area contributed by atoms with Gasteiger partial charge in [-0.1, -0.05) is 36.4 Å². The van der Waals surface area contributed by atoms with E-state index in [2.05, 4.69) is 29.9 Å². The van der Waals surface area contributed by atoms with Gasteiger partial charge >= 0.3 is 0 Å². The van der Waals surface area contributed by atoms with Crippen molar-refractivity contribution in [3.05, 3.63) is 99.6 Å². The minimum absolute atomic E-state index is 0.0422. The zero-order valence-electron chi connectivity index (χ0n) is 16.5. The van der Waals surface area contributed by atoms with E-state index >= 15 is 0 Å². The molecular weight excluding hydrogens is 382 g/mol. The number of hydrogen-bond donors (Lipinski definition) is 3. The Morgan fingerprint density at radius 3 is 2.43 bits per heavy atom. The van der Waals surface area contributed by atoms with Crippen molar-refractivity contribution in [3.8, 4) is 11.5 Å². The number of nitro groups is 1. The molecule has 154 valence electrons. The second kappa shape index (κ2) is 8.52. The number of ether oxygens (including phenoxy) is 1. The molecule has 3 atom stereocenters. The van der Waals surface area contributed by atoms with Gasteiger partial charge in [0.25, 0.3) is 5.69 Å². The van der Waals surface area contributed by atoms with Crippen molar-refractivity contribution in [1.29, 1.82) is 0 Å². The molecule has 3 N–H and O–H groups in total. The largest absolute Gasteiger partial charge is 0.507 e. The molecule has 7 heteroatoms. The number of hydrogen-bond acceptors (Lipinski definition) is 6. The van der Waals surface area contributed by atoms with Crippen molar-refractivity contribution in [3.63, 3.8) is 0 Å². The minimum Gasteiger partial charge on any atom is -0.507 e. The summed E-state index contributed by atoms with van der Waals surface area (Å²) in [7, 11) is 0. The van der Waals surface area contributed by atoms with Crippen LogP contribution in [-0.4, -0.2) is 16.1 Å². The molecule has 0 saturated carbocycles. The molecule has 0 radical (unpaired) electrons. The highest BCUT2D eigenvalue weighted by Gasteiger charge is 2.36. The predicted octanol–water partition coefficient (Wildman–Crippen LogP) is 4.20. The molecule has 0 amide bonds. The summed E-state index contributed by atoms with van der Waals surface area (Å²) < 4.78 is 5.76. The number of phenols is 1. The quantitative estimate of drug-likeness (QED) is 0.420. The van der Waals surface area contributed by atoms with Crippen molar-refractivity contribution < 1.29 is 14.8 Å². The summed E-state index contributed by atoms with van der Waals surface area (Å²) >= 11 is 0. The summed E-state index contributed by atoms with van der Waals surface area (Å²) in [6, 6.07) is 21.9. The lowest BCUT2D eigenvalue weighted by Crippen LogP contribution is -2.29. The van der Waals surface area contributed by atoms with Crippen molar-refractivity contribution in [1.82, 2.24) is 10.9 Å². The van der Waals surface area contributed by atoms with Crippen molar-refractivity contribution >= 4 is 5.69 Å². The second-order valence-electron chi connectivity index (χ2n) is 7.42. The monoisotopic (exact) mass is 405 g/mol. The van der Waals surface area contributed by atoms with Crippen LogP contribution in [0, 0.1) is 10.1 Å². The number of benzene rings is 3. The predicted molar refractivity (Wildman–Crippen MR) is 113 cm³/mol. The van der Waals surface area contributed by atoms with Crippen LogP contribution in [0.5, 0.6) is 11.5 Å². The number of phenolic OH excluding ortho intramolecular Hbond substituents is 1. The lowest BCUT2D eigenvalue weighted by atomic mass is 9.84. The van der Waals surface area contributed by atoms with Crippen LogP contribution in [0.25, 0.3) is 0 Å². The van der Waals surface area contributed by atoms with Gasteiger partial charge in [0.05, 0.1) is 11.0 Å². The number of hydrazine groups is 1. The van der Waals surface area contributed by atoms with Crippen molar-refractivity contribution in [2.24, 2.45) is 0 Å². The molecule has 4 rings (SSSR count). The Labute approximate surface area is 174 Å². The topological polar surface area (TPSA) is 96.7 Å². The maximum Gasteiger partial charge on any atom is 0.269 e. The molecule has 0 spiro atoms. The first-order valence-corrected chi connectivity index (χ1v) is 9.78. The summed E-state index contributed by atoms with van der Waals surface area (Å²) in [4.78, 5) is 10.3. The van der Waals surface area contributed by atoms with Crippen LogP contribution >= 0.6 is 0 Å². The molecule has 3 unspecified atom stereocenters. The number of nitrogens with one attached hydrogen (secondary N) is 2. The van der Waals surface area contributed by atoms with Gasteiger partial charge in [-0.3, -0.25) is 15.5 Å². The third-order valence-electron chi connectivity index (χ3n) is 5.44. The normalized spacial score (nSPS) is 20.8. The standard InChI is InChI=1S/C23H23N3O4/c1-15-22(17-5-3-2-4-6-17)23(25-24-15)20-12-11-19(13-21(20)27)30-14-16-7-9-18(10-8-16)26(28)29/h2-13,15,22-25,27H,14H2,1H3. The third kappa shape index (κ3) is 4.12. The van der Waals surface area contributed by atoms with Gasteiger partial charge in [-0.05, 0) is 36.2 Å². The first-order chi connectivity index (χ1) is 14.5. The summed E-state index contributed by atoms with van der Waals surface area (Å²) in [5.41, 5.74) is 9.42. The molecule has 1 aliphatic heterocycles. The van der Waals surface area contributed by atoms with Crippen LogP contribution in [0.1, 0.15) is 35.6 Å². The molecule has 0 aromatic heterocycles. The molecule has 30 heavy (non-hydrogen) atoms. The van der Waals surface area contributed by atoms with Crippen molar-refractivity contribution in [2.45, 2.75) is 31.5 Å². The zero-order chi connectivity index (χ0) is 21.1. The molecule has 0 bridgehead atoms. The van der Waals surface area contributed by atoms with Crippen LogP contribution in [0.15, 0.2) is 72.8 Å². The van der Waals surface area contributed by atoms with E-state index in [4.69, 9.17) is 4.74 Å². The van der Waals surface area contributed by atoms with E-state index in [-0.39, 0.29) is 36.0 Å². The number of rotatable bonds is 6. The van der Waals surface area contributed by atoms with Gasteiger partial charge < -0.3 is 9.84 Å². The molecule has 1 saturated heterocycles. The summed E-state index contributed by atoms with van der Waals surface area (Å²) in [5.74, 6) is 0.861. The molecule has 0 aliphatic carbocycles. The van der Waals surface area contributed by atoms with Crippen LogP contribution in [-0.2, 0) is 6.61 Å². The van der Waals surface area contributed by atoms with Crippen molar-refractivity contribution in [2.75, 3.05) is 0 Å². The highest BCUT2D eigenvalue weighted by molar-refractivity contribution is 5.44. The van der Waals surface area contributed by atoms with E-state index in [1.807, 2.05) is 30.3 Å². The molecule has 7 nitrogen and oxygen atoms in total. The van der Waals surface area contributed by atoms with E-state index in [9.17, 15) is 15.2 Å². The Bertz CT molecular complexity index is 1020.